The molecule has 1 aromatic heterocycles. The van der Waals surface area contributed by atoms with Gasteiger partial charge in [-0.2, -0.15) is 4.98 Å². The van der Waals surface area contributed by atoms with Crippen molar-refractivity contribution < 1.29 is 9.53 Å². The summed E-state index contributed by atoms with van der Waals surface area (Å²) in [6.45, 7) is 7.81. The van der Waals surface area contributed by atoms with Gasteiger partial charge in [0.2, 0.25) is 0 Å². The maximum Gasteiger partial charge on any atom is 0.354 e. The lowest BCUT2D eigenvalue weighted by molar-refractivity contribution is -0.0950. The number of anilines is 1. The van der Waals surface area contributed by atoms with Gasteiger partial charge in [0.05, 0.1) is 5.69 Å². The van der Waals surface area contributed by atoms with Gasteiger partial charge in [0, 0.05) is 57.5 Å². The smallest absolute Gasteiger partial charge is 0.354 e. The number of likely N-dealkylation sites (tertiary alicyclic amines) is 1. The SMILES string of the molecule is CC(COc1ccc(-n2ccc(NC(=O)N3CCNCC3)nc2=O)cc1)N1CC2(CC(N)C2)C1. The number of benzene rings is 1. The Kier molecular flexibility index (Phi) is 6.28. The van der Waals surface area contributed by atoms with Crippen molar-refractivity contribution in [2.45, 2.75) is 31.8 Å². The Morgan fingerprint density at radius 3 is 2.59 bits per heavy atom. The topological polar surface area (TPSA) is 118 Å². The number of amides is 2. The molecule has 10 nitrogen and oxygen atoms in total. The molecule has 3 heterocycles. The molecule has 1 aromatic carbocycles. The minimum atomic E-state index is -0.456. The molecule has 0 radical (unpaired) electrons. The Morgan fingerprint density at radius 2 is 1.94 bits per heavy atom. The normalized spacial score (nSPS) is 20.9. The van der Waals surface area contributed by atoms with Crippen molar-refractivity contribution in [3.05, 3.63) is 47.0 Å². The lowest BCUT2D eigenvalue weighted by Gasteiger charge is -2.60. The number of hydrogen-bond acceptors (Lipinski definition) is 7. The minimum Gasteiger partial charge on any atom is -0.492 e. The summed E-state index contributed by atoms with van der Waals surface area (Å²) >= 11 is 0. The highest BCUT2D eigenvalue weighted by Gasteiger charge is 2.51. The van der Waals surface area contributed by atoms with Crippen LogP contribution in [0.3, 0.4) is 0 Å². The number of nitrogens with zero attached hydrogens (tertiary/aromatic N) is 4. The van der Waals surface area contributed by atoms with Crippen molar-refractivity contribution in [3.63, 3.8) is 0 Å². The van der Waals surface area contributed by atoms with E-state index in [4.69, 9.17) is 10.5 Å². The standard InChI is InChI=1S/C24H33N7O3/c1-17(30-15-24(16-30)12-18(25)13-24)14-34-20-4-2-19(3-5-20)31-9-6-21(28-23(31)33)27-22(32)29-10-7-26-8-11-29/h2-6,9,17-18,26H,7-8,10-16,25H2,1H3,(H,27,28,32,33). The average Bonchev–Trinajstić information content (AvgIpc) is 2.80. The molecule has 2 saturated heterocycles. The highest BCUT2D eigenvalue weighted by atomic mass is 16.5. The third-order valence-electron chi connectivity index (χ3n) is 7.14. The summed E-state index contributed by atoms with van der Waals surface area (Å²) in [4.78, 5) is 33.0. The first kappa shape index (κ1) is 22.8. The molecule has 2 aromatic rings. The molecule has 2 amide bonds. The van der Waals surface area contributed by atoms with Gasteiger partial charge in [-0.3, -0.25) is 14.8 Å². The third-order valence-corrected chi connectivity index (χ3v) is 7.14. The quantitative estimate of drug-likeness (QED) is 0.577. The van der Waals surface area contributed by atoms with Crippen LogP contribution in [-0.2, 0) is 0 Å². The number of ether oxygens (including phenoxy) is 1. The summed E-state index contributed by atoms with van der Waals surface area (Å²) in [5.74, 6) is 1.01. The fourth-order valence-electron chi connectivity index (χ4n) is 5.19. The van der Waals surface area contributed by atoms with Gasteiger partial charge in [0.1, 0.15) is 18.2 Å². The lowest BCUT2D eigenvalue weighted by atomic mass is 9.60. The van der Waals surface area contributed by atoms with E-state index in [9.17, 15) is 9.59 Å². The predicted octanol–water partition coefficient (Wildman–Crippen LogP) is 0.860. The second-order valence-electron chi connectivity index (χ2n) is 9.86. The van der Waals surface area contributed by atoms with E-state index < -0.39 is 5.69 Å². The van der Waals surface area contributed by atoms with Crippen LogP contribution >= 0.6 is 0 Å². The van der Waals surface area contributed by atoms with Gasteiger partial charge in [0.25, 0.3) is 0 Å². The molecular weight excluding hydrogens is 434 g/mol. The zero-order valence-corrected chi connectivity index (χ0v) is 19.6. The van der Waals surface area contributed by atoms with E-state index in [2.05, 4.69) is 27.4 Å². The minimum absolute atomic E-state index is 0.244. The van der Waals surface area contributed by atoms with E-state index in [0.29, 0.717) is 42.9 Å². The second kappa shape index (κ2) is 9.36. The summed E-state index contributed by atoms with van der Waals surface area (Å²) in [6.07, 6.45) is 3.92. The number of hydrogen-bond donors (Lipinski definition) is 3. The van der Waals surface area contributed by atoms with Crippen molar-refractivity contribution in [3.8, 4) is 11.4 Å². The van der Waals surface area contributed by atoms with Crippen LogP contribution in [0.1, 0.15) is 19.8 Å². The number of nitrogens with two attached hydrogens (primary N) is 1. The molecule has 0 bridgehead atoms. The molecule has 4 N–H and O–H groups in total. The number of carbonyl (C=O) groups excluding carboxylic acids is 1. The molecule has 5 rings (SSSR count). The van der Waals surface area contributed by atoms with Crippen molar-refractivity contribution in [1.29, 1.82) is 0 Å². The monoisotopic (exact) mass is 467 g/mol. The Hall–Kier alpha value is -2.95. The molecule has 3 aliphatic rings. The summed E-state index contributed by atoms with van der Waals surface area (Å²) in [7, 11) is 0. The molecule has 1 spiro atoms. The summed E-state index contributed by atoms with van der Waals surface area (Å²) in [6, 6.07) is 9.50. The summed E-state index contributed by atoms with van der Waals surface area (Å²) in [5.41, 5.74) is 6.65. The van der Waals surface area contributed by atoms with Crippen molar-refractivity contribution in [2.24, 2.45) is 11.1 Å². The number of rotatable bonds is 6. The average molecular weight is 468 g/mol. The van der Waals surface area contributed by atoms with Crippen LogP contribution in [0.4, 0.5) is 10.6 Å². The molecule has 3 fully saturated rings. The van der Waals surface area contributed by atoms with E-state index in [1.807, 2.05) is 24.3 Å². The fourth-order valence-corrected chi connectivity index (χ4v) is 5.19. The van der Waals surface area contributed by atoms with Gasteiger partial charge in [-0.05, 0) is 55.5 Å². The maximum absolute atomic E-state index is 12.5. The molecule has 182 valence electrons. The van der Waals surface area contributed by atoms with Gasteiger partial charge in [-0.1, -0.05) is 0 Å². The Labute approximate surface area is 199 Å². The zero-order chi connectivity index (χ0) is 23.7. The number of carbonyl (C=O) groups is 1. The number of aromatic nitrogens is 2. The van der Waals surface area contributed by atoms with Crippen LogP contribution in [0.5, 0.6) is 5.75 Å². The Balaban J connectivity index is 1.13. The van der Waals surface area contributed by atoms with Crippen molar-refractivity contribution in [2.75, 3.05) is 51.2 Å². The zero-order valence-electron chi connectivity index (χ0n) is 19.6. The van der Waals surface area contributed by atoms with Crippen LogP contribution in [-0.4, -0.2) is 83.3 Å². The predicted molar refractivity (Wildman–Crippen MR) is 129 cm³/mol. The fraction of sp³-hybridized carbons (Fsp3) is 0.542. The number of urea groups is 1. The van der Waals surface area contributed by atoms with Crippen molar-refractivity contribution >= 4 is 11.8 Å². The van der Waals surface area contributed by atoms with Crippen LogP contribution in [0.15, 0.2) is 41.3 Å². The highest BCUT2D eigenvalue weighted by Crippen LogP contribution is 2.48. The van der Waals surface area contributed by atoms with E-state index in [0.717, 1.165) is 44.8 Å². The van der Waals surface area contributed by atoms with Crippen LogP contribution in [0.2, 0.25) is 0 Å². The first-order valence-electron chi connectivity index (χ1n) is 12.0. The van der Waals surface area contributed by atoms with Gasteiger partial charge >= 0.3 is 11.7 Å². The molecule has 34 heavy (non-hydrogen) atoms. The Morgan fingerprint density at radius 1 is 1.24 bits per heavy atom. The molecule has 1 aliphatic carbocycles. The number of piperazine rings is 1. The van der Waals surface area contributed by atoms with E-state index in [1.165, 1.54) is 4.57 Å². The van der Waals surface area contributed by atoms with E-state index >= 15 is 0 Å². The van der Waals surface area contributed by atoms with Crippen LogP contribution in [0, 0.1) is 5.41 Å². The summed E-state index contributed by atoms with van der Waals surface area (Å²) < 4.78 is 7.42. The van der Waals surface area contributed by atoms with Crippen molar-refractivity contribution in [1.82, 2.24) is 24.7 Å². The van der Waals surface area contributed by atoms with Gasteiger partial charge < -0.3 is 20.7 Å². The van der Waals surface area contributed by atoms with E-state index in [-0.39, 0.29) is 11.8 Å². The van der Waals surface area contributed by atoms with Crippen LogP contribution in [0.25, 0.3) is 5.69 Å². The second-order valence-corrected chi connectivity index (χ2v) is 9.86. The van der Waals surface area contributed by atoms with E-state index in [1.54, 1.807) is 17.2 Å². The summed E-state index contributed by atoms with van der Waals surface area (Å²) in [5, 5.41) is 5.90. The molecule has 10 heteroatoms. The number of nitrogens with one attached hydrogen (secondary N) is 2. The van der Waals surface area contributed by atoms with Gasteiger partial charge in [-0.25, -0.2) is 9.59 Å². The first-order chi connectivity index (χ1) is 16.4. The van der Waals surface area contributed by atoms with Gasteiger partial charge in [-0.15, -0.1) is 0 Å². The maximum atomic E-state index is 12.5. The highest BCUT2D eigenvalue weighted by molar-refractivity contribution is 5.88. The Bertz CT molecular complexity index is 1070. The molecule has 2 aliphatic heterocycles. The van der Waals surface area contributed by atoms with Gasteiger partial charge in [0.15, 0.2) is 0 Å². The first-order valence-corrected chi connectivity index (χ1v) is 12.0. The largest absolute Gasteiger partial charge is 0.492 e. The molecule has 1 atom stereocenters. The molecular formula is C24H33N7O3. The van der Waals surface area contributed by atoms with Crippen LogP contribution < -0.4 is 26.8 Å². The molecule has 1 saturated carbocycles. The third kappa shape index (κ3) is 4.79. The lowest BCUT2D eigenvalue weighted by Crippen LogP contribution is -2.67. The molecule has 1 unspecified atom stereocenters.